The topological polar surface area (TPSA) is 36.9 Å². The quantitative estimate of drug-likeness (QED) is 0.514. The second-order valence-electron chi connectivity index (χ2n) is 3.28. The maximum atomic E-state index is 5.44. The molecule has 0 bridgehead atoms. The van der Waals surface area contributed by atoms with Gasteiger partial charge in [-0.05, 0) is 17.7 Å². The molecule has 0 heterocycles. The standard InChI is InChI=1S/C13H18O4/c1-4-11-5-6-12(13(9-11)15-3)17-10-16-8-7-14-2/h4-6,9H,1,7-8,10H2,2-3H3. The molecule has 1 aromatic carbocycles. The van der Waals surface area contributed by atoms with E-state index in [1.54, 1.807) is 20.3 Å². The van der Waals surface area contributed by atoms with Crippen molar-refractivity contribution in [2.75, 3.05) is 34.2 Å². The van der Waals surface area contributed by atoms with Crippen LogP contribution in [0.1, 0.15) is 5.56 Å². The molecule has 1 aromatic rings. The second kappa shape index (κ2) is 7.70. The molecular weight excluding hydrogens is 220 g/mol. The number of hydrogen-bond donors (Lipinski definition) is 0. The zero-order valence-corrected chi connectivity index (χ0v) is 10.3. The van der Waals surface area contributed by atoms with Crippen LogP contribution in [-0.2, 0) is 9.47 Å². The van der Waals surface area contributed by atoms with Gasteiger partial charge in [0.2, 0.25) is 0 Å². The first-order valence-electron chi connectivity index (χ1n) is 5.31. The molecule has 0 atom stereocenters. The van der Waals surface area contributed by atoms with Crippen LogP contribution in [0, 0.1) is 0 Å². The van der Waals surface area contributed by atoms with Crippen LogP contribution in [0.15, 0.2) is 24.8 Å². The van der Waals surface area contributed by atoms with Gasteiger partial charge in [0.1, 0.15) is 0 Å². The maximum absolute atomic E-state index is 5.44. The van der Waals surface area contributed by atoms with Crippen molar-refractivity contribution in [3.05, 3.63) is 30.3 Å². The van der Waals surface area contributed by atoms with Crippen molar-refractivity contribution in [3.8, 4) is 11.5 Å². The van der Waals surface area contributed by atoms with Gasteiger partial charge in [0, 0.05) is 7.11 Å². The molecule has 94 valence electrons. The fourth-order valence-corrected chi connectivity index (χ4v) is 1.24. The minimum Gasteiger partial charge on any atom is -0.493 e. The zero-order chi connectivity index (χ0) is 12.5. The SMILES string of the molecule is C=Cc1ccc(OCOCCOC)c(OC)c1. The molecule has 0 saturated heterocycles. The molecule has 4 heteroatoms. The highest BCUT2D eigenvalue weighted by Crippen LogP contribution is 2.28. The van der Waals surface area contributed by atoms with Gasteiger partial charge in [0.05, 0.1) is 20.3 Å². The van der Waals surface area contributed by atoms with Crippen LogP contribution in [0.4, 0.5) is 0 Å². The lowest BCUT2D eigenvalue weighted by molar-refractivity contribution is -0.00944. The predicted molar refractivity (Wildman–Crippen MR) is 66.4 cm³/mol. The lowest BCUT2D eigenvalue weighted by atomic mass is 10.2. The monoisotopic (exact) mass is 238 g/mol. The number of rotatable bonds is 8. The molecule has 0 aliphatic heterocycles. The first kappa shape index (κ1) is 13.5. The Labute approximate surface area is 102 Å². The molecular formula is C13H18O4. The molecule has 1 rings (SSSR count). The second-order valence-corrected chi connectivity index (χ2v) is 3.28. The Hall–Kier alpha value is -1.52. The summed E-state index contributed by atoms with van der Waals surface area (Å²) in [5.74, 6) is 1.31. The van der Waals surface area contributed by atoms with Crippen molar-refractivity contribution in [3.63, 3.8) is 0 Å². The van der Waals surface area contributed by atoms with Crippen LogP contribution in [0.5, 0.6) is 11.5 Å². The van der Waals surface area contributed by atoms with Gasteiger partial charge in [-0.1, -0.05) is 18.7 Å². The van der Waals surface area contributed by atoms with Crippen LogP contribution in [0.3, 0.4) is 0 Å². The predicted octanol–water partition coefficient (Wildman–Crippen LogP) is 2.34. The molecule has 0 aliphatic carbocycles. The normalized spacial score (nSPS) is 10.0. The van der Waals surface area contributed by atoms with E-state index >= 15 is 0 Å². The molecule has 0 radical (unpaired) electrons. The van der Waals surface area contributed by atoms with Gasteiger partial charge in [0.25, 0.3) is 0 Å². The van der Waals surface area contributed by atoms with Crippen LogP contribution in [0.25, 0.3) is 6.08 Å². The van der Waals surface area contributed by atoms with Crippen molar-refractivity contribution in [1.29, 1.82) is 0 Å². The lowest BCUT2D eigenvalue weighted by Gasteiger charge is -2.11. The van der Waals surface area contributed by atoms with Gasteiger partial charge < -0.3 is 18.9 Å². The van der Waals surface area contributed by atoms with Crippen LogP contribution < -0.4 is 9.47 Å². The van der Waals surface area contributed by atoms with Crippen molar-refractivity contribution in [2.24, 2.45) is 0 Å². The Kier molecular flexibility index (Phi) is 6.14. The Morgan fingerprint density at radius 2 is 2.00 bits per heavy atom. The van der Waals surface area contributed by atoms with Gasteiger partial charge in [-0.3, -0.25) is 0 Å². The Morgan fingerprint density at radius 3 is 2.65 bits per heavy atom. The summed E-state index contributed by atoms with van der Waals surface area (Å²) in [6, 6.07) is 5.59. The van der Waals surface area contributed by atoms with Gasteiger partial charge in [-0.2, -0.15) is 0 Å². The Bertz CT molecular complexity index is 349. The van der Waals surface area contributed by atoms with Crippen LogP contribution in [0.2, 0.25) is 0 Å². The van der Waals surface area contributed by atoms with E-state index in [1.165, 1.54) is 0 Å². The fourth-order valence-electron chi connectivity index (χ4n) is 1.24. The number of benzene rings is 1. The van der Waals surface area contributed by atoms with E-state index in [4.69, 9.17) is 18.9 Å². The highest BCUT2D eigenvalue weighted by atomic mass is 16.7. The van der Waals surface area contributed by atoms with Crippen molar-refractivity contribution in [2.45, 2.75) is 0 Å². The molecule has 0 aromatic heterocycles. The Balaban J connectivity index is 2.49. The van der Waals surface area contributed by atoms with Gasteiger partial charge >= 0.3 is 0 Å². The first-order valence-corrected chi connectivity index (χ1v) is 5.31. The van der Waals surface area contributed by atoms with Crippen molar-refractivity contribution >= 4 is 6.08 Å². The third-order valence-electron chi connectivity index (χ3n) is 2.15. The summed E-state index contributed by atoms with van der Waals surface area (Å²) in [4.78, 5) is 0. The van der Waals surface area contributed by atoms with E-state index in [0.717, 1.165) is 5.56 Å². The van der Waals surface area contributed by atoms with E-state index in [2.05, 4.69) is 6.58 Å². The van der Waals surface area contributed by atoms with E-state index in [-0.39, 0.29) is 6.79 Å². The molecule has 0 saturated carbocycles. The summed E-state index contributed by atoms with van der Waals surface area (Å²) in [6.07, 6.45) is 1.75. The molecule has 4 nitrogen and oxygen atoms in total. The highest BCUT2D eigenvalue weighted by molar-refractivity contribution is 5.54. The number of hydrogen-bond acceptors (Lipinski definition) is 4. The molecule has 0 amide bonds. The molecule has 0 N–H and O–H groups in total. The molecule has 17 heavy (non-hydrogen) atoms. The third-order valence-corrected chi connectivity index (χ3v) is 2.15. The van der Waals surface area contributed by atoms with Gasteiger partial charge in [-0.25, -0.2) is 0 Å². The number of methoxy groups -OCH3 is 2. The summed E-state index contributed by atoms with van der Waals surface area (Å²) >= 11 is 0. The van der Waals surface area contributed by atoms with Crippen LogP contribution >= 0.6 is 0 Å². The summed E-state index contributed by atoms with van der Waals surface area (Å²) in [7, 11) is 3.22. The highest BCUT2D eigenvalue weighted by Gasteiger charge is 2.04. The van der Waals surface area contributed by atoms with Crippen molar-refractivity contribution in [1.82, 2.24) is 0 Å². The fraction of sp³-hybridized carbons (Fsp3) is 0.385. The Morgan fingerprint density at radius 1 is 1.18 bits per heavy atom. The zero-order valence-electron chi connectivity index (χ0n) is 10.3. The number of ether oxygens (including phenoxy) is 4. The minimum atomic E-state index is 0.174. The average molecular weight is 238 g/mol. The first-order chi connectivity index (χ1) is 8.31. The summed E-state index contributed by atoms with van der Waals surface area (Å²) in [5, 5.41) is 0. The molecule has 0 spiro atoms. The summed E-state index contributed by atoms with van der Waals surface area (Å²) in [5.41, 5.74) is 0.981. The molecule has 0 unspecified atom stereocenters. The van der Waals surface area contributed by atoms with E-state index < -0.39 is 0 Å². The molecule has 0 fully saturated rings. The lowest BCUT2D eigenvalue weighted by Crippen LogP contribution is -2.08. The maximum Gasteiger partial charge on any atom is 0.189 e. The van der Waals surface area contributed by atoms with Gasteiger partial charge in [-0.15, -0.1) is 0 Å². The largest absolute Gasteiger partial charge is 0.493 e. The average Bonchev–Trinajstić information content (AvgIpc) is 2.38. The van der Waals surface area contributed by atoms with E-state index in [0.29, 0.717) is 24.7 Å². The summed E-state index contributed by atoms with van der Waals surface area (Å²) in [6.45, 7) is 4.93. The van der Waals surface area contributed by atoms with E-state index in [1.807, 2.05) is 18.2 Å². The van der Waals surface area contributed by atoms with Gasteiger partial charge in [0.15, 0.2) is 18.3 Å². The summed E-state index contributed by atoms with van der Waals surface area (Å²) < 4.78 is 20.7. The molecule has 0 aliphatic rings. The van der Waals surface area contributed by atoms with E-state index in [9.17, 15) is 0 Å². The minimum absolute atomic E-state index is 0.174. The van der Waals surface area contributed by atoms with Crippen LogP contribution in [-0.4, -0.2) is 34.2 Å². The smallest absolute Gasteiger partial charge is 0.189 e. The van der Waals surface area contributed by atoms with Crippen molar-refractivity contribution < 1.29 is 18.9 Å². The third kappa shape index (κ3) is 4.46.